The Morgan fingerprint density at radius 2 is 2.33 bits per heavy atom. The van der Waals surface area contributed by atoms with Gasteiger partial charge in [-0.25, -0.2) is 4.98 Å². The fraction of sp³-hybridized carbons (Fsp3) is 0.600. The first kappa shape index (κ1) is 6.79. The van der Waals surface area contributed by atoms with E-state index in [1.165, 1.54) is 0 Å². The number of rotatable bonds is 1. The van der Waals surface area contributed by atoms with Crippen LogP contribution in [0.1, 0.15) is 25.6 Å². The molecule has 1 rings (SSSR count). The van der Waals surface area contributed by atoms with E-state index in [1.807, 2.05) is 3.67 Å². The van der Waals surface area contributed by atoms with Gasteiger partial charge < -0.3 is 3.67 Å². The van der Waals surface area contributed by atoms with Crippen LogP contribution in [0.2, 0.25) is 0 Å². The quantitative estimate of drug-likeness (QED) is 0.504. The van der Waals surface area contributed by atoms with Crippen LogP contribution in [-0.2, 0) is 0 Å². The molecule has 0 amide bonds. The second kappa shape index (κ2) is 2.51. The molecule has 0 spiro atoms. The zero-order valence-electron chi connectivity index (χ0n) is 6.00. The summed E-state index contributed by atoms with van der Waals surface area (Å²) >= 11 is 0.933. The number of hydrogen-bond acceptors (Lipinski definition) is 2. The summed E-state index contributed by atoms with van der Waals surface area (Å²) in [6.07, 6.45) is 1.78. The van der Waals surface area contributed by atoms with Crippen molar-refractivity contribution in [2.75, 3.05) is 0 Å². The molecule has 1 aromatic heterocycles. The highest BCUT2D eigenvalue weighted by Gasteiger charge is 2.01. The third kappa shape index (κ3) is 1.54. The maximum Gasteiger partial charge on any atom is 0.400 e. The lowest BCUT2D eigenvalue weighted by Gasteiger charge is -1.93. The average Bonchev–Trinajstić information content (AvgIpc) is 2.14. The molecule has 3 nitrogen and oxygen atoms in total. The summed E-state index contributed by atoms with van der Waals surface area (Å²) in [5.74, 6) is 1.41. The summed E-state index contributed by atoms with van der Waals surface area (Å²) in [6, 6.07) is 0. The molecule has 0 radical (unpaired) electrons. The standard InChI is InChI=1S/C5H8N3.Al.2H/c1-4(2)5-6-3-7-8-5;;;/h3-4H,1-2H3;;;/q-1;+1;;. The fourth-order valence-corrected chi connectivity index (χ4v) is 0.941. The average molecular weight is 139 g/mol. The van der Waals surface area contributed by atoms with Crippen molar-refractivity contribution in [2.45, 2.75) is 19.8 Å². The predicted octanol–water partition coefficient (Wildman–Crippen LogP) is -0.202. The van der Waals surface area contributed by atoms with Gasteiger partial charge in [-0.05, 0) is 0 Å². The molecule has 0 aliphatic rings. The van der Waals surface area contributed by atoms with Gasteiger partial charge in [0.05, 0.1) is 6.33 Å². The summed E-state index contributed by atoms with van der Waals surface area (Å²) in [6.45, 7) is 4.19. The van der Waals surface area contributed by atoms with Gasteiger partial charge >= 0.3 is 16.5 Å². The van der Waals surface area contributed by atoms with Gasteiger partial charge in [0.25, 0.3) is 0 Å². The van der Waals surface area contributed by atoms with E-state index >= 15 is 0 Å². The second-order valence-corrected chi connectivity index (χ2v) is 3.35. The van der Waals surface area contributed by atoms with Crippen molar-refractivity contribution in [1.29, 1.82) is 0 Å². The minimum atomic E-state index is 0.459. The van der Waals surface area contributed by atoms with Gasteiger partial charge in [-0.15, -0.1) is 0 Å². The molecule has 0 saturated heterocycles. The first-order chi connectivity index (χ1) is 4.20. The Hall–Kier alpha value is -0.328. The largest absolute Gasteiger partial charge is 0.400 e. The van der Waals surface area contributed by atoms with Crippen molar-refractivity contribution < 1.29 is 0 Å². The first-order valence-corrected chi connectivity index (χ1v) is 3.95. The molecule has 9 heavy (non-hydrogen) atoms. The van der Waals surface area contributed by atoms with Crippen molar-refractivity contribution in [3.05, 3.63) is 12.2 Å². The molecule has 0 saturated carbocycles. The smallest absolute Gasteiger partial charge is 0.358 e. The Morgan fingerprint density at radius 1 is 1.67 bits per heavy atom. The van der Waals surface area contributed by atoms with Crippen LogP contribution in [0.5, 0.6) is 0 Å². The highest BCUT2D eigenvalue weighted by Crippen LogP contribution is 2.05. The van der Waals surface area contributed by atoms with E-state index in [0.29, 0.717) is 5.92 Å². The third-order valence-corrected chi connectivity index (χ3v) is 1.56. The van der Waals surface area contributed by atoms with E-state index in [2.05, 4.69) is 23.9 Å². The number of aromatic nitrogens is 3. The number of hydrogen-bond donors (Lipinski definition) is 0. The Kier molecular flexibility index (Phi) is 1.89. The topological polar surface area (TPSA) is 30.7 Å². The summed E-state index contributed by atoms with van der Waals surface area (Å²) in [5.41, 5.74) is 0. The van der Waals surface area contributed by atoms with Crippen LogP contribution in [0.25, 0.3) is 0 Å². The molecule has 1 aromatic rings. The molecular weight excluding hydrogens is 129 g/mol. The van der Waals surface area contributed by atoms with Crippen LogP contribution >= 0.6 is 0 Å². The lowest BCUT2D eigenvalue weighted by Crippen LogP contribution is -1.94. The zero-order chi connectivity index (χ0) is 6.85. The summed E-state index contributed by atoms with van der Waals surface area (Å²) in [5, 5.41) is 4.18. The molecule has 0 N–H and O–H groups in total. The Balaban J connectivity index is 2.85. The van der Waals surface area contributed by atoms with Crippen molar-refractivity contribution in [1.82, 2.24) is 13.7 Å². The van der Waals surface area contributed by atoms with Crippen molar-refractivity contribution in [2.24, 2.45) is 0 Å². The van der Waals surface area contributed by atoms with Crippen LogP contribution in [-0.4, -0.2) is 30.3 Å². The minimum Gasteiger partial charge on any atom is -0.358 e. The molecule has 48 valence electrons. The van der Waals surface area contributed by atoms with Gasteiger partial charge in [-0.2, -0.15) is 5.10 Å². The summed E-state index contributed by atoms with van der Waals surface area (Å²) in [7, 11) is 0. The molecule has 0 aromatic carbocycles. The predicted molar refractivity (Wildman–Crippen MR) is 38.1 cm³/mol. The number of nitrogens with zero attached hydrogens (tertiary/aromatic N) is 3. The lowest BCUT2D eigenvalue weighted by molar-refractivity contribution is 0.772. The van der Waals surface area contributed by atoms with Gasteiger partial charge in [-0.1, -0.05) is 13.8 Å². The first-order valence-electron chi connectivity index (χ1n) is 3.05. The minimum absolute atomic E-state index is 0.459. The maximum absolute atomic E-state index is 4.18. The van der Waals surface area contributed by atoms with Gasteiger partial charge in [0, 0.05) is 5.92 Å². The molecule has 0 atom stereocenters. The Morgan fingerprint density at radius 3 is 2.56 bits per heavy atom. The Bertz CT molecular complexity index is 194. The van der Waals surface area contributed by atoms with Crippen molar-refractivity contribution in [3.8, 4) is 0 Å². The molecule has 4 heteroatoms. The highest BCUT2D eigenvalue weighted by molar-refractivity contribution is 6.05. The highest BCUT2D eigenvalue weighted by atomic mass is 27.1. The van der Waals surface area contributed by atoms with E-state index < -0.39 is 0 Å². The van der Waals surface area contributed by atoms with E-state index in [0.717, 1.165) is 22.3 Å². The van der Waals surface area contributed by atoms with Gasteiger partial charge in [0.15, 0.2) is 0 Å². The molecule has 0 fully saturated rings. The fourth-order valence-electron chi connectivity index (χ4n) is 0.620. The van der Waals surface area contributed by atoms with Gasteiger partial charge in [0.1, 0.15) is 5.82 Å². The van der Waals surface area contributed by atoms with Crippen LogP contribution in [0.3, 0.4) is 0 Å². The molecule has 1 heterocycles. The van der Waals surface area contributed by atoms with Gasteiger partial charge in [-0.3, -0.25) is 0 Å². The third-order valence-electron chi connectivity index (χ3n) is 1.13. The molecule has 0 unspecified atom stereocenters. The monoisotopic (exact) mass is 139 g/mol. The lowest BCUT2D eigenvalue weighted by atomic mass is 10.2. The molecular formula is C5H10AlN3. The van der Waals surface area contributed by atoms with Crippen LogP contribution in [0.4, 0.5) is 0 Å². The maximum atomic E-state index is 4.18. The van der Waals surface area contributed by atoms with Gasteiger partial charge in [0.2, 0.25) is 0 Å². The van der Waals surface area contributed by atoms with Crippen molar-refractivity contribution in [3.63, 3.8) is 0 Å². The van der Waals surface area contributed by atoms with E-state index in [-0.39, 0.29) is 0 Å². The molecule has 0 bridgehead atoms. The van der Waals surface area contributed by atoms with E-state index in [1.54, 1.807) is 6.33 Å². The van der Waals surface area contributed by atoms with E-state index in [9.17, 15) is 0 Å². The van der Waals surface area contributed by atoms with Crippen LogP contribution < -0.4 is 0 Å². The Labute approximate surface area is 62.7 Å². The zero-order valence-corrected chi connectivity index (χ0v) is 8.00. The summed E-state index contributed by atoms with van der Waals surface area (Å²) in [4.78, 5) is 4.10. The van der Waals surface area contributed by atoms with Crippen LogP contribution in [0.15, 0.2) is 6.33 Å². The molecule has 0 aliphatic heterocycles. The van der Waals surface area contributed by atoms with Crippen molar-refractivity contribution >= 4 is 16.5 Å². The normalized spacial score (nSPS) is 10.6. The summed E-state index contributed by atoms with van der Waals surface area (Å²) < 4.78 is 1.86. The van der Waals surface area contributed by atoms with Crippen LogP contribution in [0, 0.1) is 0 Å². The second-order valence-electron chi connectivity index (χ2n) is 2.43. The molecule has 0 aliphatic carbocycles. The SMILES string of the molecule is CC(C)c1nc[n]([AlH2])n1. The van der Waals surface area contributed by atoms with E-state index in [4.69, 9.17) is 0 Å².